The Labute approximate surface area is 215 Å². The molecule has 0 spiro atoms. The number of likely N-dealkylation sites (tertiary alicyclic amines) is 1. The lowest BCUT2D eigenvalue weighted by Crippen LogP contribution is -2.51. The second-order valence-corrected chi connectivity index (χ2v) is 12.3. The molecule has 7 nitrogen and oxygen atoms in total. The zero-order valence-electron chi connectivity index (χ0n) is 23.1. The number of rotatable bonds is 9. The van der Waals surface area contributed by atoms with Crippen molar-refractivity contribution in [3.63, 3.8) is 0 Å². The van der Waals surface area contributed by atoms with Crippen molar-refractivity contribution in [1.82, 2.24) is 4.90 Å². The van der Waals surface area contributed by atoms with Crippen molar-refractivity contribution in [3.8, 4) is 0 Å². The average Bonchev–Trinajstić information content (AvgIpc) is 3.41. The van der Waals surface area contributed by atoms with Gasteiger partial charge in [-0.05, 0) is 72.3 Å². The van der Waals surface area contributed by atoms with Gasteiger partial charge in [-0.15, -0.1) is 0 Å². The van der Waals surface area contributed by atoms with E-state index < -0.39 is 29.1 Å². The molecule has 1 saturated carbocycles. The Balaban J connectivity index is 1.75. The molecule has 1 amide bonds. The van der Waals surface area contributed by atoms with Gasteiger partial charge in [-0.25, -0.2) is 4.79 Å². The molecule has 0 bridgehead atoms. The van der Waals surface area contributed by atoms with E-state index in [0.29, 0.717) is 12.3 Å². The number of ether oxygens (including phenoxy) is 3. The van der Waals surface area contributed by atoms with E-state index in [0.717, 1.165) is 18.4 Å². The average molecular weight is 502 g/mol. The lowest BCUT2D eigenvalue weighted by Gasteiger charge is -2.36. The van der Waals surface area contributed by atoms with E-state index in [2.05, 4.69) is 0 Å². The second-order valence-electron chi connectivity index (χ2n) is 12.3. The van der Waals surface area contributed by atoms with Crippen molar-refractivity contribution in [1.29, 1.82) is 0 Å². The van der Waals surface area contributed by atoms with E-state index in [1.54, 1.807) is 12.0 Å². The molecule has 7 heteroatoms. The molecule has 2 aliphatic rings. The van der Waals surface area contributed by atoms with Crippen molar-refractivity contribution < 1.29 is 28.6 Å². The maximum atomic E-state index is 13.5. The third kappa shape index (κ3) is 7.31. The number of piperidine rings is 1. The summed E-state index contributed by atoms with van der Waals surface area (Å²) < 4.78 is 17.2. The first kappa shape index (κ1) is 28.2. The second kappa shape index (κ2) is 10.9. The SMILES string of the molecule is CO[C@H]([C@@H](C)C(=O)C[C@@H](Cc1ccccc1)C(=O)OC(C)(C)C)[C@@H]1C[C@@H]2C[C@@H]2N1C(=O)OC(C)(C)C. The van der Waals surface area contributed by atoms with Crippen molar-refractivity contribution in [2.75, 3.05) is 7.11 Å². The molecule has 1 aromatic carbocycles. The topological polar surface area (TPSA) is 82.1 Å². The molecule has 2 fully saturated rings. The number of amides is 1. The highest BCUT2D eigenvalue weighted by Crippen LogP contribution is 2.50. The Hall–Kier alpha value is -2.41. The highest BCUT2D eigenvalue weighted by molar-refractivity contribution is 5.86. The fourth-order valence-electron chi connectivity index (χ4n) is 5.20. The number of ketones is 1. The molecule has 1 aromatic rings. The predicted octanol–water partition coefficient (Wildman–Crippen LogP) is 5.20. The van der Waals surface area contributed by atoms with Gasteiger partial charge in [0.2, 0.25) is 0 Å². The Bertz CT molecular complexity index is 931. The first-order valence-electron chi connectivity index (χ1n) is 13.0. The molecule has 0 unspecified atom stereocenters. The van der Waals surface area contributed by atoms with Crippen LogP contribution in [0.1, 0.15) is 73.3 Å². The molecule has 3 rings (SSSR count). The van der Waals surface area contributed by atoms with Crippen molar-refractivity contribution in [2.45, 2.75) is 104 Å². The highest BCUT2D eigenvalue weighted by atomic mass is 16.6. The summed E-state index contributed by atoms with van der Waals surface area (Å²) in [6, 6.07) is 9.58. The van der Waals surface area contributed by atoms with Crippen LogP contribution in [-0.4, -0.2) is 59.2 Å². The van der Waals surface area contributed by atoms with E-state index in [4.69, 9.17) is 14.2 Å². The van der Waals surface area contributed by atoms with E-state index >= 15 is 0 Å². The number of esters is 1. The molecule has 0 aromatic heterocycles. The highest BCUT2D eigenvalue weighted by Gasteiger charge is 2.58. The van der Waals surface area contributed by atoms with Crippen LogP contribution in [0.4, 0.5) is 4.79 Å². The van der Waals surface area contributed by atoms with Crippen LogP contribution in [0.5, 0.6) is 0 Å². The normalized spacial score (nSPS) is 23.9. The van der Waals surface area contributed by atoms with Crippen LogP contribution in [0.15, 0.2) is 30.3 Å². The zero-order chi connectivity index (χ0) is 26.8. The van der Waals surface area contributed by atoms with Crippen LogP contribution >= 0.6 is 0 Å². The lowest BCUT2D eigenvalue weighted by atomic mass is 9.85. The summed E-state index contributed by atoms with van der Waals surface area (Å²) in [4.78, 5) is 41.4. The van der Waals surface area contributed by atoms with E-state index in [9.17, 15) is 14.4 Å². The van der Waals surface area contributed by atoms with Crippen LogP contribution in [-0.2, 0) is 30.2 Å². The monoisotopic (exact) mass is 501 g/mol. The quantitative estimate of drug-likeness (QED) is 0.433. The van der Waals surface area contributed by atoms with E-state index in [1.165, 1.54) is 0 Å². The van der Waals surface area contributed by atoms with Crippen LogP contribution in [0.3, 0.4) is 0 Å². The number of carbonyl (C=O) groups excluding carboxylic acids is 3. The molecule has 0 N–H and O–H groups in total. The summed E-state index contributed by atoms with van der Waals surface area (Å²) in [5, 5.41) is 0. The fourth-order valence-corrected chi connectivity index (χ4v) is 5.20. The smallest absolute Gasteiger partial charge is 0.410 e. The molecule has 1 aliphatic carbocycles. The standard InChI is InChI=1S/C29H43NO6/c1-18(25(34-8)23-16-20-15-22(20)30(23)27(33)36-29(5,6)7)24(31)17-21(26(32)35-28(2,3)4)14-19-12-10-9-11-13-19/h9-13,18,20-23,25H,14-17H2,1-8H3/t18-,20-,21+,22-,23-,25+/m0/s1. The van der Waals surface area contributed by atoms with Gasteiger partial charge in [0.15, 0.2) is 0 Å². The Morgan fingerprint density at radius 2 is 1.58 bits per heavy atom. The molecule has 200 valence electrons. The predicted molar refractivity (Wildman–Crippen MR) is 137 cm³/mol. The molecular weight excluding hydrogens is 458 g/mol. The number of Topliss-reactive ketones (excluding diaryl/α,β-unsaturated/α-hetero) is 1. The zero-order valence-corrected chi connectivity index (χ0v) is 23.1. The molecule has 36 heavy (non-hydrogen) atoms. The van der Waals surface area contributed by atoms with Crippen LogP contribution < -0.4 is 0 Å². The minimum absolute atomic E-state index is 0.0524. The number of carbonyl (C=O) groups is 3. The fraction of sp³-hybridized carbons (Fsp3) is 0.690. The number of nitrogens with zero attached hydrogens (tertiary/aromatic N) is 1. The Morgan fingerprint density at radius 1 is 0.972 bits per heavy atom. The van der Waals surface area contributed by atoms with Crippen molar-refractivity contribution in [3.05, 3.63) is 35.9 Å². The van der Waals surface area contributed by atoms with Gasteiger partial charge < -0.3 is 14.2 Å². The summed E-state index contributed by atoms with van der Waals surface area (Å²) in [7, 11) is 1.58. The molecular formula is C29H43NO6. The van der Waals surface area contributed by atoms with Gasteiger partial charge >= 0.3 is 12.1 Å². The van der Waals surface area contributed by atoms with E-state index in [1.807, 2.05) is 78.8 Å². The number of fused-ring (bicyclic) bond motifs is 1. The van der Waals surface area contributed by atoms with Crippen LogP contribution in [0, 0.1) is 17.8 Å². The van der Waals surface area contributed by atoms with Crippen LogP contribution in [0.25, 0.3) is 0 Å². The van der Waals surface area contributed by atoms with Gasteiger partial charge in [0.1, 0.15) is 17.0 Å². The third-order valence-corrected chi connectivity index (χ3v) is 6.91. The van der Waals surface area contributed by atoms with Gasteiger partial charge in [-0.2, -0.15) is 0 Å². The molecule has 1 aliphatic heterocycles. The minimum Gasteiger partial charge on any atom is -0.460 e. The molecule has 0 radical (unpaired) electrons. The number of methoxy groups -OCH3 is 1. The Kier molecular flexibility index (Phi) is 8.54. The maximum Gasteiger partial charge on any atom is 0.410 e. The van der Waals surface area contributed by atoms with Gasteiger partial charge in [-0.3, -0.25) is 14.5 Å². The van der Waals surface area contributed by atoms with Crippen LogP contribution in [0.2, 0.25) is 0 Å². The molecule has 6 atom stereocenters. The Morgan fingerprint density at radius 3 is 2.14 bits per heavy atom. The van der Waals surface area contributed by atoms with Gasteiger partial charge in [0, 0.05) is 25.5 Å². The van der Waals surface area contributed by atoms with Gasteiger partial charge in [0.25, 0.3) is 0 Å². The van der Waals surface area contributed by atoms with Gasteiger partial charge in [-0.1, -0.05) is 37.3 Å². The summed E-state index contributed by atoms with van der Waals surface area (Å²) in [5.74, 6) is -1.12. The summed E-state index contributed by atoms with van der Waals surface area (Å²) in [5.41, 5.74) is -0.269. The summed E-state index contributed by atoms with van der Waals surface area (Å²) in [6.45, 7) is 12.9. The molecule has 1 saturated heterocycles. The number of benzene rings is 1. The summed E-state index contributed by atoms with van der Waals surface area (Å²) in [6.07, 6.45) is 1.40. The first-order valence-corrected chi connectivity index (χ1v) is 13.0. The van der Waals surface area contributed by atoms with Crippen molar-refractivity contribution >= 4 is 17.8 Å². The first-order chi connectivity index (χ1) is 16.7. The third-order valence-electron chi connectivity index (χ3n) is 6.91. The lowest BCUT2D eigenvalue weighted by molar-refractivity contribution is -0.161. The molecule has 1 heterocycles. The largest absolute Gasteiger partial charge is 0.460 e. The van der Waals surface area contributed by atoms with E-state index in [-0.39, 0.29) is 36.4 Å². The maximum absolute atomic E-state index is 13.5. The van der Waals surface area contributed by atoms with Crippen molar-refractivity contribution in [2.24, 2.45) is 17.8 Å². The number of hydrogen-bond acceptors (Lipinski definition) is 6. The summed E-state index contributed by atoms with van der Waals surface area (Å²) >= 11 is 0. The van der Waals surface area contributed by atoms with Gasteiger partial charge in [0.05, 0.1) is 18.1 Å². The minimum atomic E-state index is -0.644. The number of hydrogen-bond donors (Lipinski definition) is 0.